The smallest absolute Gasteiger partial charge is 0.142 e. The van der Waals surface area contributed by atoms with Crippen LogP contribution in [0.4, 0.5) is 5.69 Å². The molecular formula is C16H17NO. The van der Waals surface area contributed by atoms with E-state index >= 15 is 0 Å². The summed E-state index contributed by atoms with van der Waals surface area (Å²) in [6.45, 7) is 0.758. The van der Waals surface area contributed by atoms with Crippen LogP contribution in [0, 0.1) is 5.92 Å². The fourth-order valence-electron chi connectivity index (χ4n) is 2.35. The Bertz CT molecular complexity index is 524. The van der Waals surface area contributed by atoms with Gasteiger partial charge < -0.3 is 10.5 Å². The van der Waals surface area contributed by atoms with Gasteiger partial charge in [-0.3, -0.25) is 0 Å². The van der Waals surface area contributed by atoms with E-state index in [1.165, 1.54) is 12.0 Å². The summed E-state index contributed by atoms with van der Waals surface area (Å²) in [4.78, 5) is 0. The molecule has 92 valence electrons. The van der Waals surface area contributed by atoms with Crippen LogP contribution < -0.4 is 10.5 Å². The largest absolute Gasteiger partial charge is 0.491 e. The van der Waals surface area contributed by atoms with E-state index in [1.54, 1.807) is 0 Å². The van der Waals surface area contributed by atoms with Crippen molar-refractivity contribution in [1.29, 1.82) is 0 Å². The molecule has 0 heterocycles. The number of rotatable bonds is 4. The summed E-state index contributed by atoms with van der Waals surface area (Å²) in [5, 5.41) is 0. The lowest BCUT2D eigenvalue weighted by atomic mass is 10.1. The van der Waals surface area contributed by atoms with E-state index in [-0.39, 0.29) is 0 Å². The van der Waals surface area contributed by atoms with Crippen molar-refractivity contribution in [3.05, 3.63) is 60.2 Å². The van der Waals surface area contributed by atoms with Gasteiger partial charge in [0.05, 0.1) is 12.3 Å². The molecule has 1 aliphatic rings. The average molecular weight is 239 g/mol. The second-order valence-corrected chi connectivity index (χ2v) is 4.86. The molecule has 1 aliphatic carbocycles. The fourth-order valence-corrected chi connectivity index (χ4v) is 2.35. The lowest BCUT2D eigenvalue weighted by Gasteiger charge is -2.08. The van der Waals surface area contributed by atoms with Crippen LogP contribution in [0.1, 0.15) is 17.9 Å². The van der Waals surface area contributed by atoms with E-state index in [0.29, 0.717) is 11.8 Å². The van der Waals surface area contributed by atoms with E-state index < -0.39 is 0 Å². The van der Waals surface area contributed by atoms with Crippen molar-refractivity contribution >= 4 is 5.69 Å². The van der Waals surface area contributed by atoms with Gasteiger partial charge in [-0.15, -0.1) is 0 Å². The van der Waals surface area contributed by atoms with Gasteiger partial charge in [0.2, 0.25) is 0 Å². The summed E-state index contributed by atoms with van der Waals surface area (Å²) in [6.07, 6.45) is 1.22. The van der Waals surface area contributed by atoms with Crippen molar-refractivity contribution < 1.29 is 4.74 Å². The van der Waals surface area contributed by atoms with Crippen molar-refractivity contribution in [3.8, 4) is 5.75 Å². The number of para-hydroxylation sites is 2. The minimum Gasteiger partial charge on any atom is -0.491 e. The SMILES string of the molecule is Nc1ccccc1OC[C@H]1C[C@@H]1c1ccccc1. The molecule has 0 aromatic heterocycles. The molecule has 1 fully saturated rings. The van der Waals surface area contributed by atoms with E-state index in [1.807, 2.05) is 24.3 Å². The molecule has 0 bridgehead atoms. The molecular weight excluding hydrogens is 222 g/mol. The zero-order chi connectivity index (χ0) is 12.4. The molecule has 18 heavy (non-hydrogen) atoms. The van der Waals surface area contributed by atoms with Gasteiger partial charge >= 0.3 is 0 Å². The van der Waals surface area contributed by atoms with Gasteiger partial charge in [-0.25, -0.2) is 0 Å². The van der Waals surface area contributed by atoms with Crippen LogP contribution in [0.3, 0.4) is 0 Å². The number of benzene rings is 2. The molecule has 1 saturated carbocycles. The third-order valence-electron chi connectivity index (χ3n) is 3.52. The number of hydrogen-bond donors (Lipinski definition) is 1. The first kappa shape index (κ1) is 11.1. The Kier molecular flexibility index (Phi) is 2.93. The van der Waals surface area contributed by atoms with E-state index in [9.17, 15) is 0 Å². The highest BCUT2D eigenvalue weighted by Crippen LogP contribution is 2.47. The van der Waals surface area contributed by atoms with Crippen LogP contribution in [0.25, 0.3) is 0 Å². The van der Waals surface area contributed by atoms with Crippen LogP contribution in [0.2, 0.25) is 0 Å². The zero-order valence-corrected chi connectivity index (χ0v) is 10.3. The summed E-state index contributed by atoms with van der Waals surface area (Å²) in [6, 6.07) is 18.3. The molecule has 0 spiro atoms. The molecule has 0 saturated heterocycles. The molecule has 3 rings (SSSR count). The van der Waals surface area contributed by atoms with Crippen LogP contribution in [-0.4, -0.2) is 6.61 Å². The van der Waals surface area contributed by atoms with E-state index in [2.05, 4.69) is 30.3 Å². The van der Waals surface area contributed by atoms with Gasteiger partial charge in [0.25, 0.3) is 0 Å². The molecule has 2 aromatic rings. The highest BCUT2D eigenvalue weighted by atomic mass is 16.5. The zero-order valence-electron chi connectivity index (χ0n) is 10.3. The fraction of sp³-hybridized carbons (Fsp3) is 0.250. The summed E-state index contributed by atoms with van der Waals surface area (Å²) < 4.78 is 5.79. The number of hydrogen-bond acceptors (Lipinski definition) is 2. The molecule has 2 aromatic carbocycles. The van der Waals surface area contributed by atoms with Crippen LogP contribution in [0.15, 0.2) is 54.6 Å². The summed E-state index contributed by atoms with van der Waals surface area (Å²) in [7, 11) is 0. The van der Waals surface area contributed by atoms with Crippen LogP contribution >= 0.6 is 0 Å². The van der Waals surface area contributed by atoms with Crippen molar-refractivity contribution in [1.82, 2.24) is 0 Å². The van der Waals surface area contributed by atoms with Gasteiger partial charge in [0.1, 0.15) is 5.75 Å². The normalized spacial score (nSPS) is 21.6. The highest BCUT2D eigenvalue weighted by molar-refractivity contribution is 5.51. The predicted molar refractivity (Wildman–Crippen MR) is 73.6 cm³/mol. The second kappa shape index (κ2) is 4.73. The molecule has 0 amide bonds. The van der Waals surface area contributed by atoms with Gasteiger partial charge in [-0.2, -0.15) is 0 Å². The van der Waals surface area contributed by atoms with Crippen molar-refractivity contribution in [3.63, 3.8) is 0 Å². The van der Waals surface area contributed by atoms with Crippen molar-refractivity contribution in [2.75, 3.05) is 12.3 Å². The highest BCUT2D eigenvalue weighted by Gasteiger charge is 2.38. The lowest BCUT2D eigenvalue weighted by Crippen LogP contribution is -2.02. The maximum Gasteiger partial charge on any atom is 0.142 e. The summed E-state index contributed by atoms with van der Waals surface area (Å²) in [5.41, 5.74) is 7.99. The molecule has 2 N–H and O–H groups in total. The van der Waals surface area contributed by atoms with Gasteiger partial charge in [0, 0.05) is 5.92 Å². The van der Waals surface area contributed by atoms with Crippen molar-refractivity contribution in [2.24, 2.45) is 5.92 Å². The van der Waals surface area contributed by atoms with E-state index in [0.717, 1.165) is 18.0 Å². The molecule has 0 radical (unpaired) electrons. The van der Waals surface area contributed by atoms with Crippen LogP contribution in [-0.2, 0) is 0 Å². The summed E-state index contributed by atoms with van der Waals surface area (Å²) >= 11 is 0. The lowest BCUT2D eigenvalue weighted by molar-refractivity contribution is 0.298. The Morgan fingerprint density at radius 3 is 2.50 bits per heavy atom. The molecule has 0 unspecified atom stereocenters. The number of nitrogen functional groups attached to an aromatic ring is 1. The number of anilines is 1. The second-order valence-electron chi connectivity index (χ2n) is 4.86. The third kappa shape index (κ3) is 2.33. The first-order chi connectivity index (χ1) is 8.84. The Morgan fingerprint density at radius 1 is 1.00 bits per heavy atom. The maximum atomic E-state index is 5.85. The molecule has 0 aliphatic heterocycles. The first-order valence-electron chi connectivity index (χ1n) is 6.37. The standard InChI is InChI=1S/C16H17NO/c17-15-8-4-5-9-16(15)18-11-13-10-14(13)12-6-2-1-3-7-12/h1-9,13-14H,10-11,17H2/t13-,14-/m1/s1. The minimum atomic E-state index is 0.631. The van der Waals surface area contributed by atoms with Gasteiger partial charge in [0.15, 0.2) is 0 Å². The first-order valence-corrected chi connectivity index (χ1v) is 6.37. The van der Waals surface area contributed by atoms with Crippen LogP contribution in [0.5, 0.6) is 5.75 Å². The Morgan fingerprint density at radius 2 is 1.72 bits per heavy atom. The molecule has 2 heteroatoms. The number of nitrogens with two attached hydrogens (primary N) is 1. The minimum absolute atomic E-state index is 0.631. The van der Waals surface area contributed by atoms with E-state index in [4.69, 9.17) is 10.5 Å². The number of ether oxygens (including phenoxy) is 1. The van der Waals surface area contributed by atoms with Gasteiger partial charge in [-0.05, 0) is 30.0 Å². The van der Waals surface area contributed by atoms with Gasteiger partial charge in [-0.1, -0.05) is 42.5 Å². The maximum absolute atomic E-state index is 5.85. The predicted octanol–water partition coefficient (Wildman–Crippen LogP) is 3.45. The topological polar surface area (TPSA) is 35.2 Å². The Hall–Kier alpha value is -1.96. The summed E-state index contributed by atoms with van der Waals surface area (Å²) in [5.74, 6) is 2.10. The Balaban J connectivity index is 1.56. The third-order valence-corrected chi connectivity index (χ3v) is 3.52. The quantitative estimate of drug-likeness (QED) is 0.829. The monoisotopic (exact) mass is 239 g/mol. The molecule has 2 atom stereocenters. The Labute approximate surface area is 107 Å². The van der Waals surface area contributed by atoms with Crippen molar-refractivity contribution in [2.45, 2.75) is 12.3 Å². The molecule has 2 nitrogen and oxygen atoms in total. The average Bonchev–Trinajstić information content (AvgIpc) is 3.18.